The molecule has 6 heterocycles. The molecule has 0 saturated heterocycles. The predicted molar refractivity (Wildman–Crippen MR) is 189 cm³/mol. The Balaban J connectivity index is 1.10. The summed E-state index contributed by atoms with van der Waals surface area (Å²) < 4.78 is 0. The number of thiophene rings is 2. The molecule has 0 saturated carbocycles. The third kappa shape index (κ3) is 4.27. The Kier molecular flexibility index (Phi) is 6.24. The minimum absolute atomic E-state index is 0.145. The highest BCUT2D eigenvalue weighted by Crippen LogP contribution is 2.43. The molecular weight excluding hydrogens is 617 g/mol. The van der Waals surface area contributed by atoms with Crippen molar-refractivity contribution in [3.8, 4) is 20.9 Å². The summed E-state index contributed by atoms with van der Waals surface area (Å²) in [5.74, 6) is 0.735. The van der Waals surface area contributed by atoms with Gasteiger partial charge >= 0.3 is 0 Å². The zero-order valence-corrected chi connectivity index (χ0v) is 26.4. The lowest BCUT2D eigenvalue weighted by Crippen LogP contribution is -2.14. The van der Waals surface area contributed by atoms with E-state index in [1.807, 2.05) is 62.4 Å². The number of H-pyrrole nitrogens is 2. The topological polar surface area (TPSA) is 204 Å². The zero-order chi connectivity index (χ0) is 31.9. The van der Waals surface area contributed by atoms with Crippen molar-refractivity contribution in [3.63, 3.8) is 0 Å². The van der Waals surface area contributed by atoms with Gasteiger partial charge in [-0.2, -0.15) is 9.97 Å². The number of fused-ring (bicyclic) bond motifs is 6. The molecule has 46 heavy (non-hydrogen) atoms. The van der Waals surface area contributed by atoms with Crippen molar-refractivity contribution in [2.24, 2.45) is 0 Å². The number of aromatic amines is 2. The van der Waals surface area contributed by atoms with E-state index in [0.717, 1.165) is 74.2 Å². The first-order valence-electron chi connectivity index (χ1n) is 14.6. The summed E-state index contributed by atoms with van der Waals surface area (Å²) in [6, 6.07) is 16.0. The highest BCUT2D eigenvalue weighted by Gasteiger charge is 2.27. The van der Waals surface area contributed by atoms with E-state index < -0.39 is 0 Å². The molecule has 0 aliphatic rings. The zero-order valence-electron chi connectivity index (χ0n) is 24.8. The second kappa shape index (κ2) is 10.3. The number of Topliss-reactive ketones (excluding diaryl/α,β-unsaturated/α-hetero) is 1. The SMILES string of the molecule is CC(C(=O)C(C)c1ccc(-c2cc3[nH]c(N)nc(N)c3c3ccnc23)s1)c1ccc(-c2cc3[nH]c(N)nc(N)c3c3ccnc23)s1. The van der Waals surface area contributed by atoms with Crippen LogP contribution < -0.4 is 22.9 Å². The summed E-state index contributed by atoms with van der Waals surface area (Å²) >= 11 is 3.18. The van der Waals surface area contributed by atoms with Gasteiger partial charge in [-0.05, 0) is 48.5 Å². The first-order valence-corrected chi connectivity index (χ1v) is 16.2. The predicted octanol–water partition coefficient (Wildman–Crippen LogP) is 6.80. The minimum atomic E-state index is -0.304. The van der Waals surface area contributed by atoms with Gasteiger partial charge in [0.15, 0.2) is 11.9 Å². The van der Waals surface area contributed by atoms with Crippen molar-refractivity contribution in [1.82, 2.24) is 29.9 Å². The highest BCUT2D eigenvalue weighted by molar-refractivity contribution is 7.16. The number of rotatable bonds is 6. The molecule has 11 nitrogen and oxygen atoms in total. The second-order valence-corrected chi connectivity index (χ2v) is 13.6. The van der Waals surface area contributed by atoms with E-state index in [-0.39, 0.29) is 29.5 Å². The Hall–Kier alpha value is -5.53. The summed E-state index contributed by atoms with van der Waals surface area (Å²) in [6.45, 7) is 3.94. The van der Waals surface area contributed by atoms with Crippen molar-refractivity contribution >= 4 is 95.6 Å². The average Bonchev–Trinajstić information content (AvgIpc) is 3.85. The summed E-state index contributed by atoms with van der Waals surface area (Å²) in [5, 5.41) is 3.38. The number of benzene rings is 2. The molecule has 2 aromatic carbocycles. The Morgan fingerprint density at radius 1 is 0.674 bits per heavy atom. The molecule has 0 radical (unpaired) electrons. The van der Waals surface area contributed by atoms with E-state index in [2.05, 4.69) is 29.9 Å². The van der Waals surface area contributed by atoms with Gasteiger partial charge in [-0.3, -0.25) is 14.8 Å². The Morgan fingerprint density at radius 3 is 1.54 bits per heavy atom. The van der Waals surface area contributed by atoms with Gasteiger partial charge in [-0.25, -0.2) is 0 Å². The molecule has 0 spiro atoms. The molecule has 6 aromatic heterocycles. The summed E-state index contributed by atoms with van der Waals surface area (Å²) in [4.78, 5) is 41.8. The van der Waals surface area contributed by atoms with E-state index >= 15 is 0 Å². The van der Waals surface area contributed by atoms with Crippen molar-refractivity contribution in [2.45, 2.75) is 25.7 Å². The highest BCUT2D eigenvalue weighted by atomic mass is 32.1. The summed E-state index contributed by atoms with van der Waals surface area (Å²) in [6.07, 6.45) is 3.52. The Morgan fingerprint density at radius 2 is 1.11 bits per heavy atom. The fraction of sp³-hybridized carbons (Fsp3) is 0.121. The van der Waals surface area contributed by atoms with Crippen LogP contribution in [0.15, 0.2) is 60.9 Å². The molecule has 2 unspecified atom stereocenters. The van der Waals surface area contributed by atoms with Crippen LogP contribution in [-0.2, 0) is 4.79 Å². The molecular formula is C33H28N10OS2. The standard InChI is InChI=1S/C33H28N10OS2/c1-13(21-3-5-23(45-21)17-11-19-25(15-7-9-38-27(15)17)30(34)42-32(36)40-19)29(44)14(2)22-4-6-24(46-22)18-12-20-26(16-8-10-39-28(16)18)31(35)43-33(37)41-20/h3-14H,34-35H2,1-2H3,(H3,36,40,42)(H3,37,41,43). The molecule has 0 bridgehead atoms. The van der Waals surface area contributed by atoms with Gasteiger partial charge in [0, 0.05) is 76.4 Å². The van der Waals surface area contributed by atoms with Crippen LogP contribution in [0, 0.1) is 0 Å². The molecule has 8 rings (SSSR count). The monoisotopic (exact) mass is 644 g/mol. The normalized spacial score (nSPS) is 13.3. The Labute approximate surface area is 269 Å². The summed E-state index contributed by atoms with van der Waals surface area (Å²) in [5.41, 5.74) is 29.5. The van der Waals surface area contributed by atoms with Crippen LogP contribution in [0.4, 0.5) is 23.5 Å². The number of hydrogen-bond donors (Lipinski definition) is 6. The number of carbonyl (C=O) groups excluding carboxylic acids is 1. The van der Waals surface area contributed by atoms with Gasteiger partial charge in [0.1, 0.15) is 17.4 Å². The number of nitrogens with zero attached hydrogens (tertiary/aromatic N) is 4. The number of hydrogen-bond acceptors (Lipinski definition) is 11. The molecule has 228 valence electrons. The molecule has 2 atom stereocenters. The van der Waals surface area contributed by atoms with Crippen LogP contribution in [0.2, 0.25) is 0 Å². The van der Waals surface area contributed by atoms with Crippen LogP contribution in [0.5, 0.6) is 0 Å². The molecule has 0 aliphatic heterocycles. The maximum atomic E-state index is 13.9. The van der Waals surface area contributed by atoms with Crippen LogP contribution >= 0.6 is 22.7 Å². The van der Waals surface area contributed by atoms with Crippen LogP contribution in [-0.4, -0.2) is 35.7 Å². The van der Waals surface area contributed by atoms with Crippen LogP contribution in [0.1, 0.15) is 35.4 Å². The van der Waals surface area contributed by atoms with E-state index in [4.69, 9.17) is 22.9 Å². The van der Waals surface area contributed by atoms with E-state index in [1.165, 1.54) is 0 Å². The number of aromatic nitrogens is 6. The van der Waals surface area contributed by atoms with Gasteiger partial charge in [-0.15, -0.1) is 22.7 Å². The number of nitrogen functional groups attached to an aromatic ring is 4. The van der Waals surface area contributed by atoms with Gasteiger partial charge in [-0.1, -0.05) is 13.8 Å². The first-order chi connectivity index (χ1) is 22.2. The van der Waals surface area contributed by atoms with Gasteiger partial charge < -0.3 is 32.9 Å². The van der Waals surface area contributed by atoms with Gasteiger partial charge in [0.25, 0.3) is 0 Å². The molecule has 10 N–H and O–H groups in total. The van der Waals surface area contributed by atoms with Crippen molar-refractivity contribution in [1.29, 1.82) is 0 Å². The first kappa shape index (κ1) is 28.0. The van der Waals surface area contributed by atoms with Crippen molar-refractivity contribution in [3.05, 3.63) is 70.7 Å². The lowest BCUT2D eigenvalue weighted by molar-refractivity contribution is -0.121. The molecule has 13 heteroatoms. The van der Waals surface area contributed by atoms with E-state index in [1.54, 1.807) is 35.1 Å². The number of ketones is 1. The second-order valence-electron chi connectivity index (χ2n) is 11.4. The van der Waals surface area contributed by atoms with Crippen molar-refractivity contribution < 1.29 is 4.79 Å². The van der Waals surface area contributed by atoms with Gasteiger partial charge in [0.05, 0.1) is 22.1 Å². The fourth-order valence-corrected chi connectivity index (χ4v) is 8.48. The number of nitrogens with one attached hydrogen (secondary N) is 2. The molecule has 8 aromatic rings. The molecule has 0 fully saturated rings. The minimum Gasteiger partial charge on any atom is -0.383 e. The largest absolute Gasteiger partial charge is 0.383 e. The quantitative estimate of drug-likeness (QED) is 0.112. The summed E-state index contributed by atoms with van der Waals surface area (Å²) in [7, 11) is 0. The van der Waals surface area contributed by atoms with Crippen molar-refractivity contribution in [2.75, 3.05) is 22.9 Å². The third-order valence-electron chi connectivity index (χ3n) is 8.58. The third-order valence-corrected chi connectivity index (χ3v) is 11.2. The van der Waals surface area contributed by atoms with E-state index in [9.17, 15) is 4.79 Å². The number of carbonyl (C=O) groups is 1. The maximum absolute atomic E-state index is 13.9. The smallest absolute Gasteiger partial charge is 0.199 e. The van der Waals surface area contributed by atoms with Gasteiger partial charge in [0.2, 0.25) is 0 Å². The van der Waals surface area contributed by atoms with Crippen LogP contribution in [0.3, 0.4) is 0 Å². The number of anilines is 4. The maximum Gasteiger partial charge on any atom is 0.199 e. The fourth-order valence-electron chi connectivity index (χ4n) is 6.31. The molecule has 0 amide bonds. The lowest BCUT2D eigenvalue weighted by Gasteiger charge is -2.14. The van der Waals surface area contributed by atoms with E-state index in [0.29, 0.717) is 11.6 Å². The average molecular weight is 645 g/mol. The van der Waals surface area contributed by atoms with Crippen LogP contribution in [0.25, 0.3) is 64.5 Å². The number of nitrogens with two attached hydrogens (primary N) is 4. The molecule has 0 aliphatic carbocycles. The lowest BCUT2D eigenvalue weighted by atomic mass is 9.93. The Bertz CT molecular complexity index is 2330.